The molecule has 2 nitrogen and oxygen atoms in total. The Morgan fingerprint density at radius 3 is 2.25 bits per heavy atom. The molecule has 1 heterocycles. The largest absolute Gasteiger partial charge is 0.375 e. The van der Waals surface area contributed by atoms with Crippen LogP contribution >= 0.6 is 27.3 Å². The van der Waals surface area contributed by atoms with Gasteiger partial charge in [0.05, 0.1) is 5.69 Å². The first-order valence-electron chi connectivity index (χ1n) is 6.69. The van der Waals surface area contributed by atoms with Gasteiger partial charge in [0.2, 0.25) is 0 Å². The van der Waals surface area contributed by atoms with Crippen LogP contribution in [0.5, 0.6) is 0 Å². The molecule has 0 atom stereocenters. The van der Waals surface area contributed by atoms with Crippen LogP contribution in [0.25, 0.3) is 0 Å². The van der Waals surface area contributed by atoms with Gasteiger partial charge in [-0.2, -0.15) is 0 Å². The zero-order valence-electron chi connectivity index (χ0n) is 12.7. The van der Waals surface area contributed by atoms with E-state index in [-0.39, 0.29) is 5.41 Å². The Bertz CT molecular complexity index is 615. The number of aromatic nitrogens is 1. The molecule has 0 unspecified atom stereocenters. The van der Waals surface area contributed by atoms with Crippen molar-refractivity contribution in [2.45, 2.75) is 46.5 Å². The molecule has 0 amide bonds. The van der Waals surface area contributed by atoms with Gasteiger partial charge in [0.1, 0.15) is 0 Å². The molecule has 0 radical (unpaired) electrons. The van der Waals surface area contributed by atoms with Gasteiger partial charge < -0.3 is 5.73 Å². The Morgan fingerprint density at radius 1 is 1.20 bits per heavy atom. The number of hydrogen-bond acceptors (Lipinski definition) is 3. The van der Waals surface area contributed by atoms with Crippen molar-refractivity contribution in [2.75, 3.05) is 5.73 Å². The highest BCUT2D eigenvalue weighted by molar-refractivity contribution is 9.10. The smallest absolute Gasteiger partial charge is 0.180 e. The monoisotopic (exact) mass is 352 g/mol. The summed E-state index contributed by atoms with van der Waals surface area (Å²) in [5, 5.41) is 0.664. The van der Waals surface area contributed by atoms with Crippen LogP contribution in [0.4, 0.5) is 5.13 Å². The molecule has 20 heavy (non-hydrogen) atoms. The van der Waals surface area contributed by atoms with E-state index in [4.69, 9.17) is 5.73 Å². The average molecular weight is 353 g/mol. The molecule has 0 spiro atoms. The second-order valence-electron chi connectivity index (χ2n) is 6.27. The minimum Gasteiger partial charge on any atom is -0.375 e. The lowest BCUT2D eigenvalue weighted by molar-refractivity contribution is 0.568. The quantitative estimate of drug-likeness (QED) is 0.826. The Morgan fingerprint density at radius 2 is 1.75 bits per heavy atom. The Labute approximate surface area is 133 Å². The lowest BCUT2D eigenvalue weighted by Gasteiger charge is -2.18. The molecule has 2 N–H and O–H groups in total. The number of thiazole rings is 1. The summed E-state index contributed by atoms with van der Waals surface area (Å²) < 4.78 is 1.14. The first-order valence-corrected chi connectivity index (χ1v) is 8.30. The maximum atomic E-state index is 5.93. The molecule has 1 aromatic carbocycles. The third-order valence-corrected chi connectivity index (χ3v) is 4.76. The number of halogens is 1. The van der Waals surface area contributed by atoms with Crippen LogP contribution in [0, 0.1) is 13.8 Å². The van der Waals surface area contributed by atoms with Crippen LogP contribution in [-0.4, -0.2) is 4.98 Å². The highest BCUT2D eigenvalue weighted by Crippen LogP contribution is 2.34. The van der Waals surface area contributed by atoms with Crippen molar-refractivity contribution >= 4 is 32.4 Å². The van der Waals surface area contributed by atoms with Crippen molar-refractivity contribution in [3.05, 3.63) is 43.9 Å². The van der Waals surface area contributed by atoms with Gasteiger partial charge in [-0.3, -0.25) is 0 Å². The zero-order chi connectivity index (χ0) is 15.1. The van der Waals surface area contributed by atoms with Gasteiger partial charge >= 0.3 is 0 Å². The summed E-state index contributed by atoms with van der Waals surface area (Å²) in [6, 6.07) is 4.34. The summed E-state index contributed by atoms with van der Waals surface area (Å²) in [7, 11) is 0. The van der Waals surface area contributed by atoms with Gasteiger partial charge in [-0.05, 0) is 42.7 Å². The molecule has 4 heteroatoms. The van der Waals surface area contributed by atoms with E-state index >= 15 is 0 Å². The molecule has 0 fully saturated rings. The zero-order valence-corrected chi connectivity index (χ0v) is 15.1. The Balaban J connectivity index is 2.46. The van der Waals surface area contributed by atoms with E-state index in [1.807, 2.05) is 0 Å². The van der Waals surface area contributed by atoms with E-state index < -0.39 is 0 Å². The van der Waals surface area contributed by atoms with Crippen molar-refractivity contribution in [3.8, 4) is 0 Å². The van der Waals surface area contributed by atoms with E-state index in [0.29, 0.717) is 5.13 Å². The highest BCUT2D eigenvalue weighted by atomic mass is 79.9. The van der Waals surface area contributed by atoms with Crippen molar-refractivity contribution in [1.82, 2.24) is 4.98 Å². The van der Waals surface area contributed by atoms with Crippen LogP contribution in [-0.2, 0) is 11.8 Å². The predicted octanol–water partition coefficient (Wildman–Crippen LogP) is 4.99. The van der Waals surface area contributed by atoms with Crippen molar-refractivity contribution < 1.29 is 0 Å². The second-order valence-corrected chi connectivity index (χ2v) is 8.30. The van der Waals surface area contributed by atoms with Crippen molar-refractivity contribution in [3.63, 3.8) is 0 Å². The van der Waals surface area contributed by atoms with E-state index in [1.165, 1.54) is 21.6 Å². The summed E-state index contributed by atoms with van der Waals surface area (Å²) >= 11 is 5.17. The molecule has 0 aliphatic heterocycles. The van der Waals surface area contributed by atoms with E-state index in [0.717, 1.165) is 16.6 Å². The van der Waals surface area contributed by atoms with Gasteiger partial charge in [-0.15, -0.1) is 11.3 Å². The fourth-order valence-corrected chi connectivity index (χ4v) is 4.20. The SMILES string of the molecule is Cc1cc(Br)cc(C)c1Cc1sc(N)nc1C(C)(C)C. The number of rotatable bonds is 2. The summed E-state index contributed by atoms with van der Waals surface area (Å²) in [5.74, 6) is 0. The lowest BCUT2D eigenvalue weighted by atomic mass is 9.89. The minimum absolute atomic E-state index is 0.0284. The first kappa shape index (κ1) is 15.5. The van der Waals surface area contributed by atoms with Crippen LogP contribution in [0.1, 0.15) is 48.0 Å². The van der Waals surface area contributed by atoms with Gasteiger partial charge in [0.25, 0.3) is 0 Å². The topological polar surface area (TPSA) is 38.9 Å². The summed E-state index contributed by atoms with van der Waals surface area (Å²) in [5.41, 5.74) is 11.1. The van der Waals surface area contributed by atoms with E-state index in [1.54, 1.807) is 11.3 Å². The summed E-state index contributed by atoms with van der Waals surface area (Å²) in [4.78, 5) is 5.82. The molecule has 2 rings (SSSR count). The summed E-state index contributed by atoms with van der Waals surface area (Å²) in [6.07, 6.45) is 0.909. The molecule has 0 aliphatic carbocycles. The molecule has 0 saturated heterocycles. The molecule has 2 aromatic rings. The summed E-state index contributed by atoms with van der Waals surface area (Å²) in [6.45, 7) is 10.9. The van der Waals surface area contributed by atoms with Gasteiger partial charge in [-0.1, -0.05) is 36.7 Å². The van der Waals surface area contributed by atoms with Crippen LogP contribution in [0.2, 0.25) is 0 Å². The van der Waals surface area contributed by atoms with Gasteiger partial charge in [0, 0.05) is 21.2 Å². The molecule has 0 saturated carbocycles. The molecular weight excluding hydrogens is 332 g/mol. The molecular formula is C16H21BrN2S. The molecule has 0 bridgehead atoms. The van der Waals surface area contributed by atoms with Gasteiger partial charge in [-0.25, -0.2) is 4.98 Å². The van der Waals surface area contributed by atoms with E-state index in [9.17, 15) is 0 Å². The third-order valence-electron chi connectivity index (χ3n) is 3.42. The molecule has 1 aromatic heterocycles. The lowest BCUT2D eigenvalue weighted by Crippen LogP contribution is -2.14. The van der Waals surface area contributed by atoms with Crippen LogP contribution < -0.4 is 5.73 Å². The number of nitrogens with zero attached hydrogens (tertiary/aromatic N) is 1. The first-order chi connectivity index (χ1) is 9.18. The fourth-order valence-electron chi connectivity index (χ4n) is 2.46. The number of hydrogen-bond donors (Lipinski definition) is 1. The average Bonchev–Trinajstić information content (AvgIpc) is 2.64. The number of nitrogens with two attached hydrogens (primary N) is 1. The number of nitrogen functional groups attached to an aromatic ring is 1. The number of benzene rings is 1. The molecule has 108 valence electrons. The standard InChI is InChI=1S/C16H21BrN2S/c1-9-6-11(17)7-10(2)12(9)8-13-14(16(3,4)5)19-15(18)20-13/h6-7H,8H2,1-5H3,(H2,18,19). The minimum atomic E-state index is 0.0284. The van der Waals surface area contributed by atoms with Crippen LogP contribution in [0.15, 0.2) is 16.6 Å². The highest BCUT2D eigenvalue weighted by Gasteiger charge is 2.23. The predicted molar refractivity (Wildman–Crippen MR) is 91.6 cm³/mol. The maximum Gasteiger partial charge on any atom is 0.180 e. The number of aryl methyl sites for hydroxylation is 2. The third kappa shape index (κ3) is 3.23. The Hall–Kier alpha value is -0.870. The second kappa shape index (κ2) is 5.49. The van der Waals surface area contributed by atoms with Crippen LogP contribution in [0.3, 0.4) is 0 Å². The maximum absolute atomic E-state index is 5.93. The molecule has 0 aliphatic rings. The Kier molecular flexibility index (Phi) is 4.26. The number of anilines is 1. The van der Waals surface area contributed by atoms with E-state index in [2.05, 4.69) is 67.7 Å². The van der Waals surface area contributed by atoms with Gasteiger partial charge in [0.15, 0.2) is 5.13 Å². The van der Waals surface area contributed by atoms with Crippen molar-refractivity contribution in [2.24, 2.45) is 0 Å². The fraction of sp³-hybridized carbons (Fsp3) is 0.438. The normalized spacial score (nSPS) is 11.9. The van der Waals surface area contributed by atoms with Crippen molar-refractivity contribution in [1.29, 1.82) is 0 Å².